The summed E-state index contributed by atoms with van der Waals surface area (Å²) in [4.78, 5) is 14.0. The van der Waals surface area contributed by atoms with Crippen molar-refractivity contribution in [3.05, 3.63) is 0 Å². The van der Waals surface area contributed by atoms with Crippen LogP contribution < -0.4 is 5.73 Å². The summed E-state index contributed by atoms with van der Waals surface area (Å²) in [6.45, 7) is 3.47. The van der Waals surface area contributed by atoms with E-state index in [1.165, 1.54) is 0 Å². The number of methoxy groups -OCH3 is 1. The van der Waals surface area contributed by atoms with Crippen molar-refractivity contribution in [1.82, 2.24) is 4.90 Å². The first-order valence-corrected chi connectivity index (χ1v) is 6.21. The number of carbonyl (C=O) groups excluding carboxylic acids is 1. The van der Waals surface area contributed by atoms with E-state index < -0.39 is 0 Å². The maximum Gasteiger partial charge on any atom is 0.222 e. The Kier molecular flexibility index (Phi) is 5.77. The standard InChI is InChI=1S/C12H24N2O2/c1-10(16-2)4-7-12(15)14(9-3-8-13)11-5-6-11/h10-11H,3-9,13H2,1-2H3. The second-order valence-corrected chi connectivity index (χ2v) is 4.55. The lowest BCUT2D eigenvalue weighted by Gasteiger charge is -2.22. The highest BCUT2D eigenvalue weighted by Crippen LogP contribution is 2.27. The van der Waals surface area contributed by atoms with Crippen LogP contribution in [0.5, 0.6) is 0 Å². The number of amides is 1. The molecular formula is C12H24N2O2. The van der Waals surface area contributed by atoms with Crippen LogP contribution in [-0.4, -0.2) is 43.2 Å². The van der Waals surface area contributed by atoms with Crippen LogP contribution in [0.4, 0.5) is 0 Å². The number of hydrogen-bond acceptors (Lipinski definition) is 3. The zero-order chi connectivity index (χ0) is 12.0. The van der Waals surface area contributed by atoms with Gasteiger partial charge >= 0.3 is 0 Å². The number of hydrogen-bond donors (Lipinski definition) is 1. The highest BCUT2D eigenvalue weighted by Gasteiger charge is 2.31. The fourth-order valence-corrected chi connectivity index (χ4v) is 1.75. The third kappa shape index (κ3) is 4.49. The zero-order valence-corrected chi connectivity index (χ0v) is 10.4. The molecule has 1 saturated carbocycles. The van der Waals surface area contributed by atoms with E-state index in [0.29, 0.717) is 19.0 Å². The Morgan fingerprint density at radius 1 is 1.56 bits per heavy atom. The number of nitrogens with zero attached hydrogens (tertiary/aromatic N) is 1. The normalized spacial score (nSPS) is 17.2. The second-order valence-electron chi connectivity index (χ2n) is 4.55. The lowest BCUT2D eigenvalue weighted by Crippen LogP contribution is -2.35. The molecule has 0 aromatic rings. The van der Waals surface area contributed by atoms with Crippen LogP contribution in [0.2, 0.25) is 0 Å². The van der Waals surface area contributed by atoms with Gasteiger partial charge in [-0.1, -0.05) is 0 Å². The fourth-order valence-electron chi connectivity index (χ4n) is 1.75. The van der Waals surface area contributed by atoms with E-state index in [2.05, 4.69) is 0 Å². The van der Waals surface area contributed by atoms with E-state index in [1.807, 2.05) is 11.8 Å². The number of ether oxygens (including phenoxy) is 1. The minimum absolute atomic E-state index is 0.166. The predicted octanol–water partition coefficient (Wildman–Crippen LogP) is 1.14. The van der Waals surface area contributed by atoms with Gasteiger partial charge < -0.3 is 15.4 Å². The Hall–Kier alpha value is -0.610. The van der Waals surface area contributed by atoms with Crippen molar-refractivity contribution in [2.45, 2.75) is 51.2 Å². The topological polar surface area (TPSA) is 55.6 Å². The zero-order valence-electron chi connectivity index (χ0n) is 10.4. The molecule has 0 radical (unpaired) electrons. The molecule has 0 aliphatic heterocycles. The average Bonchev–Trinajstić information content (AvgIpc) is 3.10. The molecule has 16 heavy (non-hydrogen) atoms. The summed E-state index contributed by atoms with van der Waals surface area (Å²) in [5.41, 5.74) is 5.48. The molecule has 1 unspecified atom stereocenters. The van der Waals surface area contributed by atoms with Gasteiger partial charge in [-0.25, -0.2) is 0 Å². The lowest BCUT2D eigenvalue weighted by atomic mass is 10.2. The summed E-state index contributed by atoms with van der Waals surface area (Å²) in [5, 5.41) is 0. The van der Waals surface area contributed by atoms with E-state index in [0.717, 1.165) is 32.2 Å². The Morgan fingerprint density at radius 2 is 2.25 bits per heavy atom. The van der Waals surface area contributed by atoms with Crippen molar-refractivity contribution in [3.63, 3.8) is 0 Å². The van der Waals surface area contributed by atoms with Gasteiger partial charge in [0.2, 0.25) is 5.91 Å². The summed E-state index contributed by atoms with van der Waals surface area (Å²) in [5.74, 6) is 0.264. The second kappa shape index (κ2) is 6.86. The SMILES string of the molecule is COC(C)CCC(=O)N(CCCN)C1CC1. The molecule has 1 fully saturated rings. The first-order valence-electron chi connectivity index (χ1n) is 6.21. The molecule has 0 aromatic carbocycles. The van der Waals surface area contributed by atoms with Crippen LogP contribution in [0.1, 0.15) is 39.0 Å². The summed E-state index contributed by atoms with van der Waals surface area (Å²) >= 11 is 0. The highest BCUT2D eigenvalue weighted by molar-refractivity contribution is 5.76. The fraction of sp³-hybridized carbons (Fsp3) is 0.917. The minimum Gasteiger partial charge on any atom is -0.382 e. The first kappa shape index (κ1) is 13.5. The average molecular weight is 228 g/mol. The molecule has 0 heterocycles. The number of carbonyl (C=O) groups is 1. The number of rotatable bonds is 8. The van der Waals surface area contributed by atoms with Crippen LogP contribution in [0.15, 0.2) is 0 Å². The smallest absolute Gasteiger partial charge is 0.222 e. The van der Waals surface area contributed by atoms with E-state index in [4.69, 9.17) is 10.5 Å². The molecule has 0 bridgehead atoms. The van der Waals surface area contributed by atoms with Crippen molar-refractivity contribution >= 4 is 5.91 Å². The van der Waals surface area contributed by atoms with Gasteiger partial charge in [-0.3, -0.25) is 4.79 Å². The van der Waals surface area contributed by atoms with Crippen molar-refractivity contribution < 1.29 is 9.53 Å². The van der Waals surface area contributed by atoms with Gasteiger partial charge in [-0.2, -0.15) is 0 Å². The third-order valence-electron chi connectivity index (χ3n) is 3.08. The van der Waals surface area contributed by atoms with Crippen LogP contribution >= 0.6 is 0 Å². The highest BCUT2D eigenvalue weighted by atomic mass is 16.5. The summed E-state index contributed by atoms with van der Waals surface area (Å²) < 4.78 is 5.15. The van der Waals surface area contributed by atoms with Crippen molar-refractivity contribution in [1.29, 1.82) is 0 Å². The molecule has 1 aliphatic rings. The minimum atomic E-state index is 0.166. The Bertz CT molecular complexity index is 217. The Balaban J connectivity index is 2.29. The van der Waals surface area contributed by atoms with Gasteiger partial charge in [-0.15, -0.1) is 0 Å². The molecule has 4 heteroatoms. The van der Waals surface area contributed by atoms with Gasteiger partial charge in [0.1, 0.15) is 0 Å². The molecular weight excluding hydrogens is 204 g/mol. The quantitative estimate of drug-likeness (QED) is 0.678. The molecule has 1 atom stereocenters. The van der Waals surface area contributed by atoms with E-state index in [9.17, 15) is 4.79 Å². The van der Waals surface area contributed by atoms with Crippen LogP contribution in [0.25, 0.3) is 0 Å². The van der Waals surface area contributed by atoms with Gasteiger partial charge in [0, 0.05) is 26.1 Å². The molecule has 4 nitrogen and oxygen atoms in total. The van der Waals surface area contributed by atoms with E-state index >= 15 is 0 Å². The van der Waals surface area contributed by atoms with Gasteiger partial charge in [0.15, 0.2) is 0 Å². The van der Waals surface area contributed by atoms with Crippen LogP contribution in [-0.2, 0) is 9.53 Å². The predicted molar refractivity (Wildman–Crippen MR) is 64.1 cm³/mol. The molecule has 0 aromatic heterocycles. The molecule has 0 spiro atoms. The summed E-state index contributed by atoms with van der Waals surface area (Å²) in [7, 11) is 1.68. The van der Waals surface area contributed by atoms with Crippen LogP contribution in [0, 0.1) is 0 Å². The lowest BCUT2D eigenvalue weighted by molar-refractivity contribution is -0.132. The van der Waals surface area contributed by atoms with Gasteiger partial charge in [0.05, 0.1) is 6.10 Å². The first-order chi connectivity index (χ1) is 7.69. The number of nitrogens with two attached hydrogens (primary N) is 1. The summed E-state index contributed by atoms with van der Waals surface area (Å²) in [6.07, 6.45) is 4.80. The summed E-state index contributed by atoms with van der Waals surface area (Å²) in [6, 6.07) is 0.497. The van der Waals surface area contributed by atoms with Crippen molar-refractivity contribution in [2.75, 3.05) is 20.2 Å². The van der Waals surface area contributed by atoms with Crippen LogP contribution in [0.3, 0.4) is 0 Å². The molecule has 1 amide bonds. The molecule has 1 aliphatic carbocycles. The molecule has 1 rings (SSSR count). The molecule has 94 valence electrons. The molecule has 2 N–H and O–H groups in total. The maximum atomic E-state index is 12.0. The van der Waals surface area contributed by atoms with E-state index in [-0.39, 0.29) is 12.0 Å². The Labute approximate surface area is 98.1 Å². The van der Waals surface area contributed by atoms with Gasteiger partial charge in [0.25, 0.3) is 0 Å². The maximum absolute atomic E-state index is 12.0. The van der Waals surface area contributed by atoms with Gasteiger partial charge in [-0.05, 0) is 39.2 Å². The molecule has 0 saturated heterocycles. The Morgan fingerprint density at radius 3 is 2.75 bits per heavy atom. The third-order valence-corrected chi connectivity index (χ3v) is 3.08. The van der Waals surface area contributed by atoms with Crippen molar-refractivity contribution in [2.24, 2.45) is 5.73 Å². The monoisotopic (exact) mass is 228 g/mol. The van der Waals surface area contributed by atoms with Crippen molar-refractivity contribution in [3.8, 4) is 0 Å². The van der Waals surface area contributed by atoms with E-state index in [1.54, 1.807) is 7.11 Å². The largest absolute Gasteiger partial charge is 0.382 e.